The second-order valence-electron chi connectivity index (χ2n) is 4.60. The molecule has 1 aromatic heterocycles. The molecular weight excluding hydrogens is 294 g/mol. The van der Waals surface area contributed by atoms with Crippen LogP contribution in [-0.4, -0.2) is 43.0 Å². The van der Waals surface area contributed by atoms with Crippen LogP contribution >= 0.6 is 0 Å². The normalized spacial score (nSPS) is 14.4. The summed E-state index contributed by atoms with van der Waals surface area (Å²) < 4.78 is 37.1. The van der Waals surface area contributed by atoms with Crippen LogP contribution in [-0.2, 0) is 16.6 Å². The standard InChI is InChI=1S/C13H15N3O4S/c1-16(9-13-14-4-5-15-13)21(17,18)10-2-3-11-12(8-10)20-7-6-19-11/h2-5,8H,6-7,9H2,1H3,(H,14,15). The van der Waals surface area contributed by atoms with Crippen molar-refractivity contribution < 1.29 is 17.9 Å². The summed E-state index contributed by atoms with van der Waals surface area (Å²) in [5.74, 6) is 1.60. The molecule has 0 atom stereocenters. The summed E-state index contributed by atoms with van der Waals surface area (Å²) in [6.07, 6.45) is 3.24. The van der Waals surface area contributed by atoms with E-state index in [1.807, 2.05) is 0 Å². The van der Waals surface area contributed by atoms with Crippen LogP contribution in [0.1, 0.15) is 5.82 Å². The summed E-state index contributed by atoms with van der Waals surface area (Å²) in [6, 6.07) is 4.62. The van der Waals surface area contributed by atoms with Gasteiger partial charge in [-0.05, 0) is 12.1 Å². The van der Waals surface area contributed by atoms with Gasteiger partial charge in [-0.25, -0.2) is 13.4 Å². The molecule has 0 radical (unpaired) electrons. The molecule has 7 nitrogen and oxygen atoms in total. The van der Waals surface area contributed by atoms with Crippen molar-refractivity contribution in [3.8, 4) is 11.5 Å². The van der Waals surface area contributed by atoms with Crippen molar-refractivity contribution in [3.63, 3.8) is 0 Å². The molecule has 0 saturated carbocycles. The molecule has 3 rings (SSSR count). The number of hydrogen-bond donors (Lipinski definition) is 1. The van der Waals surface area contributed by atoms with Crippen molar-refractivity contribution in [2.75, 3.05) is 20.3 Å². The summed E-state index contributed by atoms with van der Waals surface area (Å²) >= 11 is 0. The predicted octanol–water partition coefficient (Wildman–Crippen LogP) is 1.00. The lowest BCUT2D eigenvalue weighted by atomic mass is 10.3. The maximum Gasteiger partial charge on any atom is 0.243 e. The van der Waals surface area contributed by atoms with Crippen molar-refractivity contribution in [1.29, 1.82) is 0 Å². The molecule has 2 heterocycles. The lowest BCUT2D eigenvalue weighted by Crippen LogP contribution is -2.27. The number of ether oxygens (including phenoxy) is 2. The van der Waals surface area contributed by atoms with Gasteiger partial charge in [-0.15, -0.1) is 0 Å². The van der Waals surface area contributed by atoms with Crippen LogP contribution in [0.15, 0.2) is 35.5 Å². The smallest absolute Gasteiger partial charge is 0.243 e. The second kappa shape index (κ2) is 5.38. The fourth-order valence-corrected chi connectivity index (χ4v) is 3.19. The van der Waals surface area contributed by atoms with E-state index in [1.165, 1.54) is 23.5 Å². The Hall–Kier alpha value is -2.06. The molecule has 112 valence electrons. The van der Waals surface area contributed by atoms with Gasteiger partial charge >= 0.3 is 0 Å². The highest BCUT2D eigenvalue weighted by Crippen LogP contribution is 2.33. The number of benzene rings is 1. The first-order chi connectivity index (χ1) is 10.1. The van der Waals surface area contributed by atoms with E-state index in [2.05, 4.69) is 9.97 Å². The first kappa shape index (κ1) is 13.9. The highest BCUT2D eigenvalue weighted by molar-refractivity contribution is 7.89. The molecule has 1 aliphatic rings. The Balaban J connectivity index is 1.87. The molecular formula is C13H15N3O4S. The van der Waals surface area contributed by atoms with Crippen LogP contribution in [0.25, 0.3) is 0 Å². The molecule has 0 fully saturated rings. The molecule has 0 spiro atoms. The van der Waals surface area contributed by atoms with E-state index in [9.17, 15) is 8.42 Å². The van der Waals surface area contributed by atoms with E-state index in [4.69, 9.17) is 9.47 Å². The van der Waals surface area contributed by atoms with Crippen molar-refractivity contribution in [3.05, 3.63) is 36.4 Å². The van der Waals surface area contributed by atoms with Crippen LogP contribution in [0.2, 0.25) is 0 Å². The Labute approximate surface area is 122 Å². The largest absolute Gasteiger partial charge is 0.486 e. The van der Waals surface area contributed by atoms with Gasteiger partial charge in [0.1, 0.15) is 19.0 Å². The van der Waals surface area contributed by atoms with E-state index in [0.29, 0.717) is 30.5 Å². The van der Waals surface area contributed by atoms with Gasteiger partial charge in [-0.1, -0.05) is 0 Å². The number of rotatable bonds is 4. The minimum atomic E-state index is -3.61. The fourth-order valence-electron chi connectivity index (χ4n) is 2.04. The molecule has 0 amide bonds. The number of nitrogens with zero attached hydrogens (tertiary/aromatic N) is 2. The zero-order valence-electron chi connectivity index (χ0n) is 11.4. The van der Waals surface area contributed by atoms with Crippen molar-refractivity contribution in [1.82, 2.24) is 14.3 Å². The number of nitrogens with one attached hydrogen (secondary N) is 1. The number of imidazole rings is 1. The molecule has 0 saturated heterocycles. The highest BCUT2D eigenvalue weighted by atomic mass is 32.2. The zero-order valence-corrected chi connectivity index (χ0v) is 12.3. The first-order valence-electron chi connectivity index (χ1n) is 6.41. The molecule has 2 aromatic rings. The summed E-state index contributed by atoms with van der Waals surface area (Å²) in [6.45, 7) is 1.06. The molecule has 0 bridgehead atoms. The average molecular weight is 309 g/mol. The van der Waals surface area contributed by atoms with Crippen LogP contribution in [0, 0.1) is 0 Å². The molecule has 1 aromatic carbocycles. The SMILES string of the molecule is CN(Cc1ncc[nH]1)S(=O)(=O)c1ccc2c(c1)OCCO2. The van der Waals surface area contributed by atoms with E-state index in [-0.39, 0.29) is 11.4 Å². The third kappa shape index (κ3) is 2.72. The summed E-state index contributed by atoms with van der Waals surface area (Å²) in [5, 5.41) is 0. The Morgan fingerprint density at radius 3 is 2.76 bits per heavy atom. The first-order valence-corrected chi connectivity index (χ1v) is 7.85. The van der Waals surface area contributed by atoms with Gasteiger partial charge in [-0.3, -0.25) is 0 Å². The van der Waals surface area contributed by atoms with Gasteiger partial charge in [0.25, 0.3) is 0 Å². The van der Waals surface area contributed by atoms with E-state index in [1.54, 1.807) is 18.5 Å². The number of aromatic amines is 1. The van der Waals surface area contributed by atoms with Gasteiger partial charge in [0.05, 0.1) is 11.4 Å². The number of hydrogen-bond acceptors (Lipinski definition) is 5. The quantitative estimate of drug-likeness (QED) is 0.911. The second-order valence-corrected chi connectivity index (χ2v) is 6.65. The third-order valence-corrected chi connectivity index (χ3v) is 4.95. The van der Waals surface area contributed by atoms with Crippen LogP contribution in [0.5, 0.6) is 11.5 Å². The van der Waals surface area contributed by atoms with Crippen molar-refractivity contribution in [2.24, 2.45) is 0 Å². The summed E-state index contributed by atoms with van der Waals surface area (Å²) in [7, 11) is -2.10. The highest BCUT2D eigenvalue weighted by Gasteiger charge is 2.24. The van der Waals surface area contributed by atoms with Gasteiger partial charge in [0.15, 0.2) is 11.5 Å². The molecule has 21 heavy (non-hydrogen) atoms. The van der Waals surface area contributed by atoms with E-state index in [0.717, 1.165) is 0 Å². The lowest BCUT2D eigenvalue weighted by Gasteiger charge is -2.20. The summed E-state index contributed by atoms with van der Waals surface area (Å²) in [4.78, 5) is 7.07. The average Bonchev–Trinajstić information content (AvgIpc) is 2.99. The predicted molar refractivity (Wildman–Crippen MR) is 74.7 cm³/mol. The number of fused-ring (bicyclic) bond motifs is 1. The Kier molecular flexibility index (Phi) is 3.56. The number of H-pyrrole nitrogens is 1. The van der Waals surface area contributed by atoms with Gasteiger partial charge in [-0.2, -0.15) is 4.31 Å². The van der Waals surface area contributed by atoms with Gasteiger partial charge < -0.3 is 14.5 Å². The van der Waals surface area contributed by atoms with Crippen LogP contribution in [0.4, 0.5) is 0 Å². The van der Waals surface area contributed by atoms with Gasteiger partial charge in [0.2, 0.25) is 10.0 Å². The van der Waals surface area contributed by atoms with E-state index < -0.39 is 10.0 Å². The molecule has 0 unspecified atom stereocenters. The fraction of sp³-hybridized carbons (Fsp3) is 0.308. The Bertz CT molecular complexity index is 728. The molecule has 0 aliphatic carbocycles. The van der Waals surface area contributed by atoms with Gasteiger partial charge in [0, 0.05) is 25.5 Å². The minimum absolute atomic E-state index is 0.167. The van der Waals surface area contributed by atoms with E-state index >= 15 is 0 Å². The van der Waals surface area contributed by atoms with Crippen LogP contribution < -0.4 is 9.47 Å². The Morgan fingerprint density at radius 1 is 1.29 bits per heavy atom. The third-order valence-electron chi connectivity index (χ3n) is 3.15. The maximum atomic E-state index is 12.5. The summed E-state index contributed by atoms with van der Waals surface area (Å²) in [5.41, 5.74) is 0. The van der Waals surface area contributed by atoms with Crippen LogP contribution in [0.3, 0.4) is 0 Å². The molecule has 8 heteroatoms. The number of sulfonamides is 1. The molecule has 1 aliphatic heterocycles. The zero-order chi connectivity index (χ0) is 14.9. The van der Waals surface area contributed by atoms with Crippen molar-refractivity contribution >= 4 is 10.0 Å². The Morgan fingerprint density at radius 2 is 2.05 bits per heavy atom. The maximum absolute atomic E-state index is 12.5. The minimum Gasteiger partial charge on any atom is -0.486 e. The number of aromatic nitrogens is 2. The topological polar surface area (TPSA) is 84.5 Å². The monoisotopic (exact) mass is 309 g/mol. The van der Waals surface area contributed by atoms with Crippen molar-refractivity contribution in [2.45, 2.75) is 11.4 Å². The molecule has 1 N–H and O–H groups in total. The lowest BCUT2D eigenvalue weighted by molar-refractivity contribution is 0.171.